The lowest BCUT2D eigenvalue weighted by Crippen LogP contribution is -2.38. The predicted molar refractivity (Wildman–Crippen MR) is 91.4 cm³/mol. The van der Waals surface area contributed by atoms with Crippen LogP contribution in [0.4, 0.5) is 0 Å². The zero-order chi connectivity index (χ0) is 16.4. The molecule has 0 spiro atoms. The summed E-state index contributed by atoms with van der Waals surface area (Å²) in [6.07, 6.45) is 0.724. The number of nitrogens with zero attached hydrogens (tertiary/aromatic N) is 2. The number of nitrogens with one attached hydrogen (secondary N) is 2. The molecule has 0 bridgehead atoms. The first-order chi connectivity index (χ1) is 10.5. The molecule has 0 aromatic heterocycles. The number of guanidine groups is 1. The average molecular weight is 326 g/mol. The molecule has 0 amide bonds. The van der Waals surface area contributed by atoms with Crippen molar-refractivity contribution in [2.24, 2.45) is 4.99 Å². The zero-order valence-electron chi connectivity index (χ0n) is 13.5. The number of hydrogen-bond acceptors (Lipinski definition) is 3. The van der Waals surface area contributed by atoms with E-state index in [1.807, 2.05) is 30.3 Å². The van der Waals surface area contributed by atoms with Crippen LogP contribution in [0.5, 0.6) is 0 Å². The normalized spacial score (nSPS) is 12.5. The Kier molecular flexibility index (Phi) is 7.90. The molecule has 0 fully saturated rings. The lowest BCUT2D eigenvalue weighted by molar-refractivity contribution is 0.461. The van der Waals surface area contributed by atoms with Crippen LogP contribution in [0.15, 0.2) is 35.3 Å². The molecule has 22 heavy (non-hydrogen) atoms. The average Bonchev–Trinajstić information content (AvgIpc) is 2.54. The first-order valence-corrected chi connectivity index (χ1v) is 9.03. The number of benzene rings is 1. The first kappa shape index (κ1) is 18.4. The molecule has 1 rings (SSSR count). The van der Waals surface area contributed by atoms with Crippen LogP contribution in [0, 0.1) is 0 Å². The van der Waals surface area contributed by atoms with Crippen molar-refractivity contribution in [3.05, 3.63) is 35.9 Å². The zero-order valence-corrected chi connectivity index (χ0v) is 14.4. The summed E-state index contributed by atoms with van der Waals surface area (Å²) in [5, 5.41) is 6.40. The Bertz CT molecular complexity index is 558. The topological polar surface area (TPSA) is 73.8 Å². The van der Waals surface area contributed by atoms with Gasteiger partial charge in [0.15, 0.2) is 5.96 Å². The summed E-state index contributed by atoms with van der Waals surface area (Å²) in [5.41, 5.74) is 1.18. The summed E-state index contributed by atoms with van der Waals surface area (Å²) in [6.45, 7) is 3.51. The molecular formula is C15H26N4O2S. The van der Waals surface area contributed by atoms with E-state index in [1.165, 1.54) is 9.87 Å². The number of hydrogen-bond donors (Lipinski definition) is 2. The van der Waals surface area contributed by atoms with Gasteiger partial charge in [0.1, 0.15) is 0 Å². The third-order valence-electron chi connectivity index (χ3n) is 3.31. The van der Waals surface area contributed by atoms with Gasteiger partial charge in [-0.2, -0.15) is 0 Å². The van der Waals surface area contributed by atoms with E-state index >= 15 is 0 Å². The number of sulfonamides is 1. The van der Waals surface area contributed by atoms with Crippen LogP contribution in [0.2, 0.25) is 0 Å². The van der Waals surface area contributed by atoms with Crippen molar-refractivity contribution in [3.63, 3.8) is 0 Å². The Labute approximate surface area is 133 Å². The molecule has 0 radical (unpaired) electrons. The molecule has 124 valence electrons. The SMILES string of the molecule is CCS(=O)(=O)N(C)CCCNC(=NC)NCc1ccccc1. The largest absolute Gasteiger partial charge is 0.356 e. The Morgan fingerprint density at radius 3 is 2.50 bits per heavy atom. The van der Waals surface area contributed by atoms with Crippen molar-refractivity contribution in [1.82, 2.24) is 14.9 Å². The van der Waals surface area contributed by atoms with Crippen molar-refractivity contribution in [2.45, 2.75) is 19.9 Å². The third kappa shape index (κ3) is 6.44. The molecule has 7 heteroatoms. The molecule has 0 aliphatic rings. The maximum Gasteiger partial charge on any atom is 0.213 e. The molecule has 6 nitrogen and oxygen atoms in total. The van der Waals surface area contributed by atoms with Crippen LogP contribution in [-0.2, 0) is 16.6 Å². The van der Waals surface area contributed by atoms with E-state index in [0.717, 1.165) is 6.42 Å². The van der Waals surface area contributed by atoms with Crippen LogP contribution in [-0.4, -0.2) is 51.6 Å². The van der Waals surface area contributed by atoms with Gasteiger partial charge in [0.25, 0.3) is 0 Å². The van der Waals surface area contributed by atoms with Crippen molar-refractivity contribution in [2.75, 3.05) is 32.9 Å². The molecule has 1 aromatic carbocycles. The van der Waals surface area contributed by atoms with E-state index in [9.17, 15) is 8.42 Å². The van der Waals surface area contributed by atoms with Gasteiger partial charge in [-0.05, 0) is 18.9 Å². The second-order valence-electron chi connectivity index (χ2n) is 4.91. The van der Waals surface area contributed by atoms with Crippen LogP contribution in [0.3, 0.4) is 0 Å². The highest BCUT2D eigenvalue weighted by molar-refractivity contribution is 7.89. The van der Waals surface area contributed by atoms with Gasteiger partial charge in [-0.1, -0.05) is 30.3 Å². The molecule has 0 atom stereocenters. The highest BCUT2D eigenvalue weighted by Crippen LogP contribution is 1.99. The summed E-state index contributed by atoms with van der Waals surface area (Å²) in [7, 11) is 0.238. The van der Waals surface area contributed by atoms with Crippen LogP contribution in [0.1, 0.15) is 18.9 Å². The van der Waals surface area contributed by atoms with Gasteiger partial charge in [-0.3, -0.25) is 4.99 Å². The second kappa shape index (κ2) is 9.42. The van der Waals surface area contributed by atoms with E-state index < -0.39 is 10.0 Å². The maximum absolute atomic E-state index is 11.6. The minimum Gasteiger partial charge on any atom is -0.356 e. The van der Waals surface area contributed by atoms with Crippen LogP contribution < -0.4 is 10.6 Å². The number of rotatable bonds is 8. The minimum absolute atomic E-state index is 0.136. The van der Waals surface area contributed by atoms with Crippen molar-refractivity contribution >= 4 is 16.0 Å². The number of aliphatic imine (C=N–C) groups is 1. The summed E-state index contributed by atoms with van der Waals surface area (Å²) in [5.74, 6) is 0.849. The van der Waals surface area contributed by atoms with Crippen molar-refractivity contribution in [1.29, 1.82) is 0 Å². The van der Waals surface area contributed by atoms with Gasteiger partial charge in [0.2, 0.25) is 10.0 Å². The Hall–Kier alpha value is -1.60. The summed E-state index contributed by atoms with van der Waals surface area (Å²) in [6, 6.07) is 10.1. The van der Waals surface area contributed by atoms with E-state index in [0.29, 0.717) is 25.6 Å². The summed E-state index contributed by atoms with van der Waals surface area (Å²) < 4.78 is 24.6. The second-order valence-corrected chi connectivity index (χ2v) is 7.28. The summed E-state index contributed by atoms with van der Waals surface area (Å²) in [4.78, 5) is 4.15. The van der Waals surface area contributed by atoms with Crippen LogP contribution in [0.25, 0.3) is 0 Å². The summed E-state index contributed by atoms with van der Waals surface area (Å²) >= 11 is 0. The standard InChI is InChI=1S/C15H26N4O2S/c1-4-22(20,21)19(3)12-8-11-17-15(16-2)18-13-14-9-6-5-7-10-14/h5-7,9-10H,4,8,11-13H2,1-3H3,(H2,16,17,18). The molecule has 2 N–H and O–H groups in total. The molecule has 0 aliphatic heterocycles. The first-order valence-electron chi connectivity index (χ1n) is 7.42. The predicted octanol–water partition coefficient (Wildman–Crippen LogP) is 1.02. The Morgan fingerprint density at radius 1 is 1.23 bits per heavy atom. The molecule has 0 saturated carbocycles. The lowest BCUT2D eigenvalue weighted by Gasteiger charge is -2.16. The van der Waals surface area contributed by atoms with Gasteiger partial charge in [0, 0.05) is 33.7 Å². The molecule has 1 aromatic rings. The molecule has 0 heterocycles. The monoisotopic (exact) mass is 326 g/mol. The van der Waals surface area contributed by atoms with E-state index in [4.69, 9.17) is 0 Å². The van der Waals surface area contributed by atoms with Gasteiger partial charge < -0.3 is 10.6 Å². The third-order valence-corrected chi connectivity index (χ3v) is 5.17. The molecule has 0 saturated heterocycles. The van der Waals surface area contributed by atoms with E-state index in [-0.39, 0.29) is 5.75 Å². The van der Waals surface area contributed by atoms with E-state index in [1.54, 1.807) is 21.0 Å². The van der Waals surface area contributed by atoms with Gasteiger partial charge >= 0.3 is 0 Å². The van der Waals surface area contributed by atoms with Crippen LogP contribution >= 0.6 is 0 Å². The van der Waals surface area contributed by atoms with Gasteiger partial charge in [0.05, 0.1) is 5.75 Å². The Morgan fingerprint density at radius 2 is 1.91 bits per heavy atom. The lowest BCUT2D eigenvalue weighted by atomic mass is 10.2. The van der Waals surface area contributed by atoms with Gasteiger partial charge in [-0.15, -0.1) is 0 Å². The quantitative estimate of drug-likeness (QED) is 0.425. The fourth-order valence-corrected chi connectivity index (χ4v) is 2.72. The maximum atomic E-state index is 11.6. The van der Waals surface area contributed by atoms with Crippen molar-refractivity contribution in [3.8, 4) is 0 Å². The molecule has 0 unspecified atom stereocenters. The fraction of sp³-hybridized carbons (Fsp3) is 0.533. The highest BCUT2D eigenvalue weighted by Gasteiger charge is 2.13. The highest BCUT2D eigenvalue weighted by atomic mass is 32.2. The van der Waals surface area contributed by atoms with Gasteiger partial charge in [-0.25, -0.2) is 12.7 Å². The molecular weight excluding hydrogens is 300 g/mol. The minimum atomic E-state index is -3.09. The van der Waals surface area contributed by atoms with E-state index in [2.05, 4.69) is 15.6 Å². The smallest absolute Gasteiger partial charge is 0.213 e. The van der Waals surface area contributed by atoms with Crippen molar-refractivity contribution < 1.29 is 8.42 Å². The fourth-order valence-electron chi connectivity index (χ4n) is 1.87. The Balaban J connectivity index is 2.28. The molecule has 0 aliphatic carbocycles.